The lowest BCUT2D eigenvalue weighted by Gasteiger charge is -2.18. The van der Waals surface area contributed by atoms with E-state index < -0.39 is 23.7 Å². The normalized spacial score (nSPS) is 11.6. The number of hydrogen-bond acceptors (Lipinski definition) is 6. The van der Waals surface area contributed by atoms with Gasteiger partial charge in [-0.15, -0.1) is 0 Å². The Balaban J connectivity index is 1.53. The summed E-state index contributed by atoms with van der Waals surface area (Å²) in [6.45, 7) is 3.82. The van der Waals surface area contributed by atoms with Crippen molar-refractivity contribution in [3.63, 3.8) is 0 Å². The molecule has 0 saturated heterocycles. The quantitative estimate of drug-likeness (QED) is 0.168. The summed E-state index contributed by atoms with van der Waals surface area (Å²) in [4.78, 5) is 37.8. The Morgan fingerprint density at radius 2 is 1.68 bits per heavy atom. The molecule has 190 valence electrons. The van der Waals surface area contributed by atoms with Gasteiger partial charge in [-0.1, -0.05) is 80.4 Å². The minimum atomic E-state index is -0.888. The molecule has 0 fully saturated rings. The Bertz CT molecular complexity index is 1430. The van der Waals surface area contributed by atoms with E-state index in [0.717, 1.165) is 28.5 Å². The van der Waals surface area contributed by atoms with Crippen LogP contribution in [-0.2, 0) is 16.1 Å². The summed E-state index contributed by atoms with van der Waals surface area (Å²) in [6.07, 6.45) is 1.25. The highest BCUT2D eigenvalue weighted by atomic mass is 16.6. The predicted molar refractivity (Wildman–Crippen MR) is 141 cm³/mol. The molecule has 0 aliphatic carbocycles. The van der Waals surface area contributed by atoms with Crippen molar-refractivity contribution in [3.05, 3.63) is 100 Å². The molecule has 0 aliphatic rings. The molecule has 1 heterocycles. The average Bonchev–Trinajstić information content (AvgIpc) is 2.92. The first-order valence-corrected chi connectivity index (χ1v) is 12.3. The number of rotatable bonds is 9. The molecule has 37 heavy (non-hydrogen) atoms. The average molecular weight is 500 g/mol. The molecule has 1 amide bonds. The van der Waals surface area contributed by atoms with Gasteiger partial charge in [0.15, 0.2) is 0 Å². The summed E-state index contributed by atoms with van der Waals surface area (Å²) >= 11 is 0. The van der Waals surface area contributed by atoms with Gasteiger partial charge in [0, 0.05) is 17.0 Å². The van der Waals surface area contributed by atoms with E-state index in [-0.39, 0.29) is 12.4 Å². The summed E-state index contributed by atoms with van der Waals surface area (Å²) in [5.74, 6) is -0.360. The number of esters is 1. The molecule has 0 unspecified atom stereocenters. The van der Waals surface area contributed by atoms with Crippen molar-refractivity contribution in [2.45, 2.75) is 45.8 Å². The van der Waals surface area contributed by atoms with Crippen LogP contribution in [0, 0.1) is 6.92 Å². The van der Waals surface area contributed by atoms with E-state index in [0.29, 0.717) is 24.0 Å². The summed E-state index contributed by atoms with van der Waals surface area (Å²) in [7, 11) is 0. The van der Waals surface area contributed by atoms with E-state index in [1.807, 2.05) is 67.6 Å². The van der Waals surface area contributed by atoms with Gasteiger partial charge in [0.05, 0.1) is 0 Å². The number of unbranched alkanes of at least 4 members (excludes halogenated alkanes) is 1. The van der Waals surface area contributed by atoms with Crippen molar-refractivity contribution in [2.24, 2.45) is 0 Å². The SMILES string of the molecule is CCCC[C@H](NC(=O)OCc1ccccc1)C(=O)Oc1ccc2c(-c3ccccc3)cc(=O)oc2c1C. The lowest BCUT2D eigenvalue weighted by molar-refractivity contribution is -0.136. The Kier molecular flexibility index (Phi) is 8.36. The van der Waals surface area contributed by atoms with Crippen LogP contribution >= 0.6 is 0 Å². The van der Waals surface area contributed by atoms with E-state index in [4.69, 9.17) is 13.9 Å². The number of alkyl carbamates (subject to hydrolysis) is 1. The van der Waals surface area contributed by atoms with Gasteiger partial charge in [-0.2, -0.15) is 0 Å². The molecule has 7 nitrogen and oxygen atoms in total. The van der Waals surface area contributed by atoms with Crippen LogP contribution in [0.2, 0.25) is 0 Å². The van der Waals surface area contributed by atoms with Crippen molar-refractivity contribution in [1.29, 1.82) is 0 Å². The Morgan fingerprint density at radius 3 is 2.38 bits per heavy atom. The van der Waals surface area contributed by atoms with E-state index in [2.05, 4.69) is 5.32 Å². The molecular weight excluding hydrogens is 470 g/mol. The second-order valence-corrected chi connectivity index (χ2v) is 8.73. The lowest BCUT2D eigenvalue weighted by Crippen LogP contribution is -2.43. The largest absolute Gasteiger partial charge is 0.445 e. The first kappa shape index (κ1) is 25.7. The highest BCUT2D eigenvalue weighted by Crippen LogP contribution is 2.33. The second-order valence-electron chi connectivity index (χ2n) is 8.73. The van der Waals surface area contributed by atoms with Crippen molar-refractivity contribution >= 4 is 23.0 Å². The number of fused-ring (bicyclic) bond motifs is 1. The molecule has 3 aromatic carbocycles. The number of nitrogens with one attached hydrogen (secondary N) is 1. The fourth-order valence-electron chi connectivity index (χ4n) is 4.05. The maximum absolute atomic E-state index is 13.1. The molecule has 4 rings (SSSR count). The van der Waals surface area contributed by atoms with Crippen LogP contribution < -0.4 is 15.7 Å². The number of carbonyl (C=O) groups excluding carboxylic acids is 2. The Hall–Kier alpha value is -4.39. The summed E-state index contributed by atoms with van der Waals surface area (Å²) in [5.41, 5.74) is 2.81. The third-order valence-electron chi connectivity index (χ3n) is 6.04. The topological polar surface area (TPSA) is 94.8 Å². The van der Waals surface area contributed by atoms with Crippen LogP contribution in [0.1, 0.15) is 37.3 Å². The van der Waals surface area contributed by atoms with Gasteiger partial charge in [-0.25, -0.2) is 14.4 Å². The molecule has 0 bridgehead atoms. The minimum Gasteiger partial charge on any atom is -0.445 e. The van der Waals surface area contributed by atoms with Crippen molar-refractivity contribution in [2.75, 3.05) is 0 Å². The van der Waals surface area contributed by atoms with Crippen LogP contribution in [0.3, 0.4) is 0 Å². The monoisotopic (exact) mass is 499 g/mol. The molecule has 7 heteroatoms. The zero-order valence-corrected chi connectivity index (χ0v) is 20.9. The molecule has 4 aromatic rings. The molecule has 1 aromatic heterocycles. The van der Waals surface area contributed by atoms with Gasteiger partial charge in [-0.3, -0.25) is 0 Å². The highest BCUT2D eigenvalue weighted by Gasteiger charge is 2.24. The molecule has 1 atom stereocenters. The first-order chi connectivity index (χ1) is 18.0. The summed E-state index contributed by atoms with van der Waals surface area (Å²) < 4.78 is 16.5. The molecular formula is C30H29NO6. The predicted octanol–water partition coefficient (Wildman–Crippen LogP) is 6.16. The number of amides is 1. The molecule has 0 aliphatic heterocycles. The first-order valence-electron chi connectivity index (χ1n) is 12.3. The van der Waals surface area contributed by atoms with Crippen LogP contribution in [-0.4, -0.2) is 18.1 Å². The van der Waals surface area contributed by atoms with Gasteiger partial charge < -0.3 is 19.2 Å². The van der Waals surface area contributed by atoms with E-state index >= 15 is 0 Å². The van der Waals surface area contributed by atoms with Crippen LogP contribution in [0.4, 0.5) is 4.79 Å². The summed E-state index contributed by atoms with van der Waals surface area (Å²) in [5, 5.41) is 3.36. The van der Waals surface area contributed by atoms with Crippen molar-refractivity contribution in [3.8, 4) is 16.9 Å². The third kappa shape index (κ3) is 6.44. The van der Waals surface area contributed by atoms with E-state index in [1.165, 1.54) is 6.07 Å². The number of hydrogen-bond donors (Lipinski definition) is 1. The van der Waals surface area contributed by atoms with Gasteiger partial charge in [-0.05, 0) is 42.2 Å². The number of carbonyl (C=O) groups is 2. The summed E-state index contributed by atoms with van der Waals surface area (Å²) in [6, 6.07) is 22.8. The van der Waals surface area contributed by atoms with Gasteiger partial charge in [0.2, 0.25) is 0 Å². The smallest absolute Gasteiger partial charge is 0.408 e. The molecule has 0 spiro atoms. The molecule has 0 saturated carbocycles. The third-order valence-corrected chi connectivity index (χ3v) is 6.04. The number of aryl methyl sites for hydroxylation is 1. The van der Waals surface area contributed by atoms with Crippen molar-refractivity contribution < 1.29 is 23.5 Å². The van der Waals surface area contributed by atoms with Crippen LogP contribution in [0.25, 0.3) is 22.1 Å². The Labute approximate surface area is 215 Å². The number of benzene rings is 3. The fourth-order valence-corrected chi connectivity index (χ4v) is 4.05. The van der Waals surface area contributed by atoms with Gasteiger partial charge in [0.25, 0.3) is 0 Å². The van der Waals surface area contributed by atoms with Crippen molar-refractivity contribution in [1.82, 2.24) is 5.32 Å². The Morgan fingerprint density at radius 1 is 0.973 bits per heavy atom. The maximum Gasteiger partial charge on any atom is 0.408 e. The minimum absolute atomic E-state index is 0.0920. The zero-order valence-electron chi connectivity index (χ0n) is 20.9. The zero-order chi connectivity index (χ0) is 26.2. The highest BCUT2D eigenvalue weighted by molar-refractivity contribution is 5.96. The number of ether oxygens (including phenoxy) is 2. The molecule has 1 N–H and O–H groups in total. The van der Waals surface area contributed by atoms with Crippen LogP contribution in [0.15, 0.2) is 88.1 Å². The van der Waals surface area contributed by atoms with Gasteiger partial charge >= 0.3 is 17.7 Å². The lowest BCUT2D eigenvalue weighted by atomic mass is 10.00. The molecule has 0 radical (unpaired) electrons. The van der Waals surface area contributed by atoms with Crippen LogP contribution in [0.5, 0.6) is 5.75 Å². The van der Waals surface area contributed by atoms with E-state index in [1.54, 1.807) is 19.1 Å². The standard InChI is InChI=1S/C30H29NO6/c1-3-4-15-25(31-30(34)35-19-21-11-7-5-8-12-21)29(33)36-26-17-16-23-24(22-13-9-6-10-14-22)18-27(32)37-28(23)20(26)2/h5-14,16-18,25H,3-4,15,19H2,1-2H3,(H,31,34)/t25-/m0/s1. The fraction of sp³-hybridized carbons (Fsp3) is 0.233. The van der Waals surface area contributed by atoms with Gasteiger partial charge in [0.1, 0.15) is 24.0 Å². The van der Waals surface area contributed by atoms with E-state index in [9.17, 15) is 14.4 Å². The maximum atomic E-state index is 13.1. The second kappa shape index (κ2) is 12.0.